The van der Waals surface area contributed by atoms with E-state index < -0.39 is 12.1 Å². The van der Waals surface area contributed by atoms with E-state index in [1.165, 1.54) is 19.3 Å². The van der Waals surface area contributed by atoms with Crippen molar-refractivity contribution in [3.8, 4) is 5.75 Å². The number of hydrogen-bond acceptors (Lipinski definition) is 5. The van der Waals surface area contributed by atoms with Gasteiger partial charge in [0.05, 0.1) is 13.2 Å². The zero-order valence-corrected chi connectivity index (χ0v) is 18.2. The van der Waals surface area contributed by atoms with Crippen molar-refractivity contribution < 1.29 is 28.9 Å². The Morgan fingerprint density at radius 1 is 1.10 bits per heavy atom. The van der Waals surface area contributed by atoms with Gasteiger partial charge in [-0.1, -0.05) is 31.4 Å². The zero-order chi connectivity index (χ0) is 21.8. The molecule has 0 heterocycles. The number of carbonyl (C=O) groups excluding carboxylic acids is 1. The Hall–Kier alpha value is -2.28. The average Bonchev–Trinajstić information content (AvgIpc) is 2.74. The number of benzene rings is 1. The van der Waals surface area contributed by atoms with E-state index in [1.807, 2.05) is 31.2 Å². The van der Waals surface area contributed by atoms with Gasteiger partial charge in [-0.25, -0.2) is 9.59 Å². The molecule has 0 bridgehead atoms. The zero-order valence-electron chi connectivity index (χ0n) is 18.2. The summed E-state index contributed by atoms with van der Waals surface area (Å²) in [5.41, 5.74) is 0.869. The summed E-state index contributed by atoms with van der Waals surface area (Å²) in [6.45, 7) is 5.88. The maximum atomic E-state index is 12.3. The molecule has 1 amide bonds. The minimum absolute atomic E-state index is 0.280. The van der Waals surface area contributed by atoms with Crippen LogP contribution in [0.3, 0.4) is 0 Å². The summed E-state index contributed by atoms with van der Waals surface area (Å²) in [5.74, 6) is 0.257. The van der Waals surface area contributed by atoms with Crippen LogP contribution in [0.15, 0.2) is 24.3 Å². The highest BCUT2D eigenvalue weighted by molar-refractivity contribution is 5.72. The van der Waals surface area contributed by atoms with E-state index in [0.717, 1.165) is 24.9 Å². The number of rotatable bonds is 12. The lowest BCUT2D eigenvalue weighted by Crippen LogP contribution is -2.39. The Morgan fingerprint density at radius 2 is 1.80 bits per heavy atom. The van der Waals surface area contributed by atoms with Crippen LogP contribution in [0, 0.1) is 5.92 Å². The fourth-order valence-electron chi connectivity index (χ4n) is 3.78. The minimum atomic E-state index is -0.964. The van der Waals surface area contributed by atoms with Crippen LogP contribution >= 0.6 is 0 Å². The second-order valence-electron chi connectivity index (χ2n) is 7.63. The SMILES string of the molecule is CCOC(=O)N(CCOc1ccc(CC(OCC)C(=O)O)cc1)CC1CCCCC1. The Morgan fingerprint density at radius 3 is 2.40 bits per heavy atom. The monoisotopic (exact) mass is 421 g/mol. The first kappa shape index (κ1) is 24.0. The summed E-state index contributed by atoms with van der Waals surface area (Å²) in [6.07, 6.45) is 5.26. The van der Waals surface area contributed by atoms with E-state index in [1.54, 1.807) is 11.8 Å². The average molecular weight is 422 g/mol. The molecule has 1 atom stereocenters. The Bertz CT molecular complexity index is 642. The smallest absolute Gasteiger partial charge is 0.409 e. The van der Waals surface area contributed by atoms with E-state index in [-0.39, 0.29) is 6.09 Å². The lowest BCUT2D eigenvalue weighted by atomic mass is 9.89. The third-order valence-electron chi connectivity index (χ3n) is 5.35. The number of ether oxygens (including phenoxy) is 3. The molecule has 1 fully saturated rings. The Kier molecular flexibility index (Phi) is 10.5. The van der Waals surface area contributed by atoms with Crippen LogP contribution in [0.4, 0.5) is 4.79 Å². The summed E-state index contributed by atoms with van der Waals surface area (Å²) >= 11 is 0. The van der Waals surface area contributed by atoms with Gasteiger partial charge in [0.1, 0.15) is 12.4 Å². The molecule has 0 aliphatic heterocycles. The van der Waals surface area contributed by atoms with Crippen molar-refractivity contribution >= 4 is 12.1 Å². The van der Waals surface area contributed by atoms with Crippen molar-refractivity contribution in [3.05, 3.63) is 29.8 Å². The molecule has 1 saturated carbocycles. The number of nitrogens with zero attached hydrogens (tertiary/aromatic N) is 1. The Labute approximate surface area is 179 Å². The molecule has 30 heavy (non-hydrogen) atoms. The van der Waals surface area contributed by atoms with Crippen LogP contribution in [0.2, 0.25) is 0 Å². The highest BCUT2D eigenvalue weighted by Crippen LogP contribution is 2.24. The number of aliphatic carboxylic acids is 1. The van der Waals surface area contributed by atoms with Crippen LogP contribution in [0.25, 0.3) is 0 Å². The van der Waals surface area contributed by atoms with Gasteiger partial charge in [0.2, 0.25) is 0 Å². The molecule has 0 spiro atoms. The number of amides is 1. The van der Waals surface area contributed by atoms with Gasteiger partial charge in [0, 0.05) is 19.6 Å². The van der Waals surface area contributed by atoms with Crippen LogP contribution in [-0.2, 0) is 20.7 Å². The van der Waals surface area contributed by atoms with Crippen molar-refractivity contribution in [3.63, 3.8) is 0 Å². The van der Waals surface area contributed by atoms with Crippen LogP contribution in [-0.4, -0.2) is 61.1 Å². The highest BCUT2D eigenvalue weighted by atomic mass is 16.6. The molecule has 168 valence electrons. The number of carbonyl (C=O) groups is 2. The molecule has 1 aromatic rings. The summed E-state index contributed by atoms with van der Waals surface area (Å²) in [4.78, 5) is 25.3. The third-order valence-corrected chi connectivity index (χ3v) is 5.35. The van der Waals surface area contributed by atoms with Crippen molar-refractivity contribution in [1.29, 1.82) is 0 Å². The van der Waals surface area contributed by atoms with Crippen LogP contribution < -0.4 is 4.74 Å². The topological polar surface area (TPSA) is 85.3 Å². The van der Waals surface area contributed by atoms with E-state index >= 15 is 0 Å². The largest absolute Gasteiger partial charge is 0.492 e. The molecule has 7 heteroatoms. The quantitative estimate of drug-likeness (QED) is 0.546. The second kappa shape index (κ2) is 13.1. The van der Waals surface area contributed by atoms with Gasteiger partial charge in [0.25, 0.3) is 0 Å². The molecule has 0 radical (unpaired) electrons. The van der Waals surface area contributed by atoms with Gasteiger partial charge >= 0.3 is 12.1 Å². The molecule has 7 nitrogen and oxygen atoms in total. The second-order valence-corrected chi connectivity index (χ2v) is 7.63. The maximum Gasteiger partial charge on any atom is 0.409 e. The summed E-state index contributed by atoms with van der Waals surface area (Å²) in [6, 6.07) is 7.32. The van der Waals surface area contributed by atoms with Gasteiger partial charge < -0.3 is 24.2 Å². The fraction of sp³-hybridized carbons (Fsp3) is 0.652. The third kappa shape index (κ3) is 8.22. The molecule has 0 saturated heterocycles. The molecular weight excluding hydrogens is 386 g/mol. The van der Waals surface area contributed by atoms with E-state index in [0.29, 0.717) is 44.5 Å². The number of hydrogen-bond donors (Lipinski definition) is 1. The minimum Gasteiger partial charge on any atom is -0.492 e. The lowest BCUT2D eigenvalue weighted by Gasteiger charge is -2.29. The van der Waals surface area contributed by atoms with Crippen molar-refractivity contribution in [2.24, 2.45) is 5.92 Å². The molecule has 1 unspecified atom stereocenters. The molecule has 1 aliphatic rings. The fourth-order valence-corrected chi connectivity index (χ4v) is 3.78. The predicted molar refractivity (Wildman–Crippen MR) is 114 cm³/mol. The van der Waals surface area contributed by atoms with Gasteiger partial charge in [-0.15, -0.1) is 0 Å². The molecule has 0 aromatic heterocycles. The first-order valence-electron chi connectivity index (χ1n) is 11.0. The first-order chi connectivity index (χ1) is 14.5. The molecular formula is C23H35NO6. The molecule has 2 rings (SSSR count). The summed E-state index contributed by atoms with van der Waals surface area (Å²) in [7, 11) is 0. The predicted octanol–water partition coefficient (Wildman–Crippen LogP) is 4.14. The van der Waals surface area contributed by atoms with Crippen molar-refractivity contribution in [2.75, 3.05) is 32.9 Å². The normalized spacial score (nSPS) is 15.4. The van der Waals surface area contributed by atoms with E-state index in [2.05, 4.69) is 0 Å². The van der Waals surface area contributed by atoms with Gasteiger partial charge in [-0.3, -0.25) is 0 Å². The maximum absolute atomic E-state index is 12.3. The van der Waals surface area contributed by atoms with E-state index in [9.17, 15) is 14.7 Å². The lowest BCUT2D eigenvalue weighted by molar-refractivity contribution is -0.149. The molecule has 1 N–H and O–H groups in total. The highest BCUT2D eigenvalue weighted by Gasteiger charge is 2.22. The van der Waals surface area contributed by atoms with E-state index in [4.69, 9.17) is 14.2 Å². The summed E-state index contributed by atoms with van der Waals surface area (Å²) < 4.78 is 16.3. The van der Waals surface area contributed by atoms with Crippen LogP contribution in [0.1, 0.15) is 51.5 Å². The summed E-state index contributed by atoms with van der Waals surface area (Å²) in [5, 5.41) is 9.20. The number of carboxylic acid groups (broad SMARTS) is 1. The standard InChI is InChI=1S/C23H35NO6/c1-3-28-21(22(25)26)16-18-10-12-20(13-11-18)30-15-14-24(23(27)29-4-2)17-19-8-6-5-7-9-19/h10-13,19,21H,3-9,14-17H2,1-2H3,(H,25,26). The van der Waals surface area contributed by atoms with Gasteiger partial charge in [-0.2, -0.15) is 0 Å². The van der Waals surface area contributed by atoms with Crippen molar-refractivity contribution in [1.82, 2.24) is 4.90 Å². The Balaban J connectivity index is 1.84. The first-order valence-corrected chi connectivity index (χ1v) is 11.0. The van der Waals surface area contributed by atoms with Gasteiger partial charge in [0.15, 0.2) is 6.10 Å². The van der Waals surface area contributed by atoms with Crippen LogP contribution in [0.5, 0.6) is 5.75 Å². The number of carboxylic acids is 1. The molecule has 1 aromatic carbocycles. The molecule has 1 aliphatic carbocycles. The van der Waals surface area contributed by atoms with Crippen molar-refractivity contribution in [2.45, 2.75) is 58.5 Å². The van der Waals surface area contributed by atoms with Gasteiger partial charge in [-0.05, 0) is 50.3 Å².